The minimum absolute atomic E-state index is 0.184. The molecule has 2 N–H and O–H groups in total. The number of halogens is 3. The van der Waals surface area contributed by atoms with Gasteiger partial charge in [0.2, 0.25) is 0 Å². The summed E-state index contributed by atoms with van der Waals surface area (Å²) in [5.41, 5.74) is 7.59. The van der Waals surface area contributed by atoms with Gasteiger partial charge in [-0.05, 0) is 30.3 Å². The van der Waals surface area contributed by atoms with E-state index in [0.29, 0.717) is 22.8 Å². The maximum Gasteiger partial charge on any atom is 0.131 e. The lowest BCUT2D eigenvalue weighted by atomic mass is 9.93. The molecule has 0 fully saturated rings. The van der Waals surface area contributed by atoms with E-state index < -0.39 is 6.10 Å². The van der Waals surface area contributed by atoms with Crippen molar-refractivity contribution in [1.29, 1.82) is 0 Å². The highest BCUT2D eigenvalue weighted by Gasteiger charge is 2.28. The molecule has 0 amide bonds. The van der Waals surface area contributed by atoms with Gasteiger partial charge in [0.1, 0.15) is 17.7 Å². The Hall–Kier alpha value is -1.10. The monoisotopic (exact) mass is 355 g/mol. The lowest BCUT2D eigenvalue weighted by molar-refractivity contribution is 0.157. The number of fused-ring (bicyclic) bond motifs is 1. The average molecular weight is 357 g/mol. The van der Waals surface area contributed by atoms with Gasteiger partial charge in [-0.25, -0.2) is 4.39 Å². The zero-order chi connectivity index (χ0) is 14.3. The highest BCUT2D eigenvalue weighted by atomic mass is 79.9. The fourth-order valence-electron chi connectivity index (χ4n) is 2.43. The first-order valence-electron chi connectivity index (χ1n) is 6.21. The second-order valence-electron chi connectivity index (χ2n) is 4.80. The number of nitrogens with two attached hydrogens (primary N) is 1. The molecule has 0 saturated heterocycles. The Morgan fingerprint density at radius 3 is 2.75 bits per heavy atom. The Balaban J connectivity index is 1.97. The van der Waals surface area contributed by atoms with Crippen LogP contribution < -0.4 is 10.5 Å². The molecule has 0 radical (unpaired) electrons. The van der Waals surface area contributed by atoms with Crippen LogP contribution >= 0.6 is 27.5 Å². The molecule has 0 bridgehead atoms. The molecule has 0 aromatic heterocycles. The summed E-state index contributed by atoms with van der Waals surface area (Å²) in [4.78, 5) is 0. The second-order valence-corrected chi connectivity index (χ2v) is 6.15. The van der Waals surface area contributed by atoms with Crippen molar-refractivity contribution < 1.29 is 9.13 Å². The Bertz CT molecular complexity index is 664. The fraction of sp³-hybridized carbons (Fsp3) is 0.200. The molecule has 2 nitrogen and oxygen atoms in total. The summed E-state index contributed by atoms with van der Waals surface area (Å²) in [5.74, 6) is 0.335. The van der Waals surface area contributed by atoms with Gasteiger partial charge >= 0.3 is 0 Å². The number of benzene rings is 2. The van der Waals surface area contributed by atoms with Crippen molar-refractivity contribution in [3.63, 3.8) is 0 Å². The average Bonchev–Trinajstić information content (AvgIpc) is 2.39. The first-order valence-corrected chi connectivity index (χ1v) is 7.38. The Labute approximate surface area is 129 Å². The van der Waals surface area contributed by atoms with Gasteiger partial charge in [-0.15, -0.1) is 0 Å². The van der Waals surface area contributed by atoms with E-state index >= 15 is 0 Å². The van der Waals surface area contributed by atoms with Crippen molar-refractivity contribution in [2.75, 3.05) is 0 Å². The van der Waals surface area contributed by atoms with Crippen LogP contribution in [0.15, 0.2) is 40.9 Å². The summed E-state index contributed by atoms with van der Waals surface area (Å²) in [6.07, 6.45) is 0.137. The van der Waals surface area contributed by atoms with E-state index in [4.69, 9.17) is 22.1 Å². The van der Waals surface area contributed by atoms with E-state index in [1.807, 2.05) is 18.2 Å². The van der Waals surface area contributed by atoms with E-state index in [1.165, 1.54) is 6.07 Å². The first-order chi connectivity index (χ1) is 9.54. The van der Waals surface area contributed by atoms with Gasteiger partial charge in [0, 0.05) is 33.1 Å². The van der Waals surface area contributed by atoms with E-state index in [9.17, 15) is 4.39 Å². The number of rotatable bonds is 1. The molecule has 20 heavy (non-hydrogen) atoms. The van der Waals surface area contributed by atoms with Gasteiger partial charge in [0.05, 0.1) is 0 Å². The van der Waals surface area contributed by atoms with Gasteiger partial charge in [-0.1, -0.05) is 33.6 Å². The minimum Gasteiger partial charge on any atom is -0.485 e. The molecule has 0 saturated carbocycles. The van der Waals surface area contributed by atoms with Crippen LogP contribution in [0.5, 0.6) is 5.75 Å². The first kappa shape index (κ1) is 13.9. The second kappa shape index (κ2) is 5.35. The lowest BCUT2D eigenvalue weighted by Crippen LogP contribution is -2.24. The third-order valence-corrected chi connectivity index (χ3v) is 4.15. The molecule has 1 unspecified atom stereocenters. The van der Waals surface area contributed by atoms with Gasteiger partial charge in [0.15, 0.2) is 0 Å². The molecular weight excluding hydrogens is 345 g/mol. The molecule has 104 valence electrons. The molecule has 5 heteroatoms. The van der Waals surface area contributed by atoms with E-state index in [0.717, 1.165) is 10.0 Å². The van der Waals surface area contributed by atoms with Crippen LogP contribution in [-0.4, -0.2) is 0 Å². The smallest absolute Gasteiger partial charge is 0.131 e. The van der Waals surface area contributed by atoms with Crippen molar-refractivity contribution in [2.24, 2.45) is 5.73 Å². The van der Waals surface area contributed by atoms with Crippen LogP contribution in [0.25, 0.3) is 0 Å². The van der Waals surface area contributed by atoms with Crippen LogP contribution in [0.3, 0.4) is 0 Å². The number of hydrogen-bond acceptors (Lipinski definition) is 2. The normalized spacial score (nSPS) is 21.2. The zero-order valence-corrected chi connectivity index (χ0v) is 12.8. The van der Waals surface area contributed by atoms with Gasteiger partial charge in [-0.2, -0.15) is 0 Å². The van der Waals surface area contributed by atoms with Crippen LogP contribution in [0.2, 0.25) is 5.02 Å². The SMILES string of the molecule is N[C@@H]1CC(c2ccc(Cl)cc2F)Oc2ccc(Br)cc21. The Kier molecular flexibility index (Phi) is 3.71. The molecule has 2 aromatic carbocycles. The predicted molar refractivity (Wildman–Crippen MR) is 80.5 cm³/mol. The van der Waals surface area contributed by atoms with Gasteiger partial charge in [0.25, 0.3) is 0 Å². The van der Waals surface area contributed by atoms with Crippen molar-refractivity contribution >= 4 is 27.5 Å². The molecule has 0 aliphatic carbocycles. The molecule has 2 aromatic rings. The standard InChI is InChI=1S/C15H12BrClFNO/c16-8-1-4-14-11(5-8)13(19)7-15(20-14)10-3-2-9(17)6-12(10)18/h1-6,13,15H,7,19H2/t13-,15?/m1/s1. The summed E-state index contributed by atoms with van der Waals surface area (Å²) < 4.78 is 20.8. The van der Waals surface area contributed by atoms with Gasteiger partial charge in [-0.3, -0.25) is 0 Å². The minimum atomic E-state index is -0.393. The van der Waals surface area contributed by atoms with E-state index in [1.54, 1.807) is 12.1 Å². The molecular formula is C15H12BrClFNO. The Morgan fingerprint density at radius 2 is 2.00 bits per heavy atom. The highest BCUT2D eigenvalue weighted by Crippen LogP contribution is 2.41. The molecule has 0 spiro atoms. The maximum atomic E-state index is 14.0. The summed E-state index contributed by atoms with van der Waals surface area (Å²) in [7, 11) is 0. The lowest BCUT2D eigenvalue weighted by Gasteiger charge is -2.31. The largest absolute Gasteiger partial charge is 0.485 e. The summed E-state index contributed by atoms with van der Waals surface area (Å²) in [6, 6.07) is 10.1. The van der Waals surface area contributed by atoms with E-state index in [2.05, 4.69) is 15.9 Å². The summed E-state index contributed by atoms with van der Waals surface area (Å²) in [5, 5.41) is 0.371. The third-order valence-electron chi connectivity index (χ3n) is 3.42. The maximum absolute atomic E-state index is 14.0. The molecule has 1 aliphatic rings. The molecule has 1 aliphatic heterocycles. The van der Waals surface area contributed by atoms with Crippen molar-refractivity contribution in [3.8, 4) is 5.75 Å². The molecule has 3 rings (SSSR count). The quantitative estimate of drug-likeness (QED) is 0.799. The fourth-order valence-corrected chi connectivity index (χ4v) is 2.97. The van der Waals surface area contributed by atoms with Crippen molar-refractivity contribution in [3.05, 3.63) is 62.8 Å². The van der Waals surface area contributed by atoms with Crippen molar-refractivity contribution in [1.82, 2.24) is 0 Å². The number of hydrogen-bond donors (Lipinski definition) is 1. The summed E-state index contributed by atoms with van der Waals surface area (Å²) in [6.45, 7) is 0. The third kappa shape index (κ3) is 2.55. The van der Waals surface area contributed by atoms with E-state index in [-0.39, 0.29) is 11.9 Å². The van der Waals surface area contributed by atoms with Crippen LogP contribution in [-0.2, 0) is 0 Å². The number of ether oxygens (including phenoxy) is 1. The summed E-state index contributed by atoms with van der Waals surface area (Å²) >= 11 is 9.18. The molecule has 2 atom stereocenters. The zero-order valence-electron chi connectivity index (χ0n) is 10.4. The molecule has 1 heterocycles. The van der Waals surface area contributed by atoms with Crippen LogP contribution in [0.4, 0.5) is 4.39 Å². The highest BCUT2D eigenvalue weighted by molar-refractivity contribution is 9.10. The van der Waals surface area contributed by atoms with Crippen LogP contribution in [0.1, 0.15) is 29.7 Å². The van der Waals surface area contributed by atoms with Crippen LogP contribution in [0, 0.1) is 5.82 Å². The predicted octanol–water partition coefficient (Wildman–Crippen LogP) is 4.77. The Morgan fingerprint density at radius 1 is 1.20 bits per heavy atom. The van der Waals surface area contributed by atoms with Crippen molar-refractivity contribution in [2.45, 2.75) is 18.6 Å². The topological polar surface area (TPSA) is 35.2 Å². The van der Waals surface area contributed by atoms with Gasteiger partial charge < -0.3 is 10.5 Å².